The van der Waals surface area contributed by atoms with Crippen molar-refractivity contribution >= 4 is 46.2 Å². The molecule has 4 heterocycles. The Morgan fingerprint density at radius 1 is 1.00 bits per heavy atom. The van der Waals surface area contributed by atoms with E-state index in [1.807, 2.05) is 35.2 Å². The number of anilines is 2. The third kappa shape index (κ3) is 4.83. The van der Waals surface area contributed by atoms with Crippen LogP contribution in [0.2, 0.25) is 4.34 Å². The monoisotopic (exact) mass is 527 g/mol. The van der Waals surface area contributed by atoms with Gasteiger partial charge in [0.25, 0.3) is 11.5 Å². The first-order valence-corrected chi connectivity index (χ1v) is 13.1. The highest BCUT2D eigenvalue weighted by Crippen LogP contribution is 2.31. The summed E-state index contributed by atoms with van der Waals surface area (Å²) in [5.41, 5.74) is 1.50. The van der Waals surface area contributed by atoms with Gasteiger partial charge in [-0.25, -0.2) is 0 Å². The number of thiophene rings is 1. The molecule has 5 rings (SSSR count). The average Bonchev–Trinajstić information content (AvgIpc) is 3.35. The summed E-state index contributed by atoms with van der Waals surface area (Å²) in [5.74, 6) is -1.43. The zero-order valence-electron chi connectivity index (χ0n) is 19.5. The highest BCUT2D eigenvalue weighted by molar-refractivity contribution is 7.17. The molecule has 9 nitrogen and oxygen atoms in total. The van der Waals surface area contributed by atoms with Gasteiger partial charge in [0.15, 0.2) is 0 Å². The number of carbonyl (C=O) groups is 2. The molecule has 0 aliphatic carbocycles. The molecule has 1 atom stereocenters. The summed E-state index contributed by atoms with van der Waals surface area (Å²) in [6.45, 7) is 2.92. The number of hydrogen-bond donors (Lipinski definition) is 1. The molecular formula is C25H26ClN5O4S. The number of aromatic nitrogens is 2. The lowest BCUT2D eigenvalue weighted by Crippen LogP contribution is -2.50. The van der Waals surface area contributed by atoms with Crippen LogP contribution in [0.4, 0.5) is 11.4 Å². The maximum Gasteiger partial charge on any atom is 0.308 e. The Labute approximate surface area is 217 Å². The number of amides is 1. The summed E-state index contributed by atoms with van der Waals surface area (Å²) in [4.78, 5) is 44.7. The fourth-order valence-electron chi connectivity index (χ4n) is 4.83. The van der Waals surface area contributed by atoms with E-state index in [4.69, 9.17) is 11.6 Å². The molecule has 2 aliphatic rings. The Bertz CT molecular complexity index is 1320. The Morgan fingerprint density at radius 3 is 2.42 bits per heavy atom. The van der Waals surface area contributed by atoms with Crippen molar-refractivity contribution in [2.24, 2.45) is 5.92 Å². The van der Waals surface area contributed by atoms with Crippen molar-refractivity contribution in [2.45, 2.75) is 12.8 Å². The van der Waals surface area contributed by atoms with E-state index in [0.29, 0.717) is 71.8 Å². The van der Waals surface area contributed by atoms with Gasteiger partial charge in [0, 0.05) is 39.3 Å². The van der Waals surface area contributed by atoms with E-state index in [0.717, 1.165) is 0 Å². The van der Waals surface area contributed by atoms with E-state index < -0.39 is 11.9 Å². The van der Waals surface area contributed by atoms with E-state index in [1.54, 1.807) is 23.2 Å². The number of carbonyl (C=O) groups excluding carboxylic acids is 1. The summed E-state index contributed by atoms with van der Waals surface area (Å²) in [6.07, 6.45) is 2.96. The maximum atomic E-state index is 13.8. The largest absolute Gasteiger partial charge is 0.481 e. The van der Waals surface area contributed by atoms with Crippen molar-refractivity contribution < 1.29 is 14.7 Å². The van der Waals surface area contributed by atoms with Gasteiger partial charge in [-0.05, 0) is 37.1 Å². The van der Waals surface area contributed by atoms with Crippen molar-refractivity contribution in [3.8, 4) is 5.69 Å². The predicted molar refractivity (Wildman–Crippen MR) is 140 cm³/mol. The number of halogens is 1. The highest BCUT2D eigenvalue weighted by atomic mass is 35.5. The molecule has 0 bridgehead atoms. The van der Waals surface area contributed by atoms with Gasteiger partial charge in [-0.15, -0.1) is 11.3 Å². The summed E-state index contributed by atoms with van der Waals surface area (Å²) < 4.78 is 1.94. The van der Waals surface area contributed by atoms with Crippen molar-refractivity contribution in [3.63, 3.8) is 0 Å². The Morgan fingerprint density at radius 2 is 1.75 bits per heavy atom. The number of piperazine rings is 1. The molecule has 11 heteroatoms. The number of carboxylic acids is 1. The van der Waals surface area contributed by atoms with Crippen LogP contribution in [-0.4, -0.2) is 70.9 Å². The van der Waals surface area contributed by atoms with Gasteiger partial charge in [-0.3, -0.25) is 14.4 Å². The first kappa shape index (κ1) is 24.3. The molecule has 0 spiro atoms. The number of para-hydroxylation sites is 1. The fraction of sp³-hybridized carbons (Fsp3) is 0.360. The lowest BCUT2D eigenvalue weighted by atomic mass is 9.98. The molecule has 3 aromatic rings. The second kappa shape index (κ2) is 10.3. The van der Waals surface area contributed by atoms with Crippen LogP contribution in [0, 0.1) is 5.92 Å². The quantitative estimate of drug-likeness (QED) is 0.544. The van der Waals surface area contributed by atoms with Gasteiger partial charge >= 0.3 is 5.97 Å². The smallest absolute Gasteiger partial charge is 0.308 e. The van der Waals surface area contributed by atoms with Gasteiger partial charge in [0.2, 0.25) is 0 Å². The van der Waals surface area contributed by atoms with Crippen LogP contribution in [0.15, 0.2) is 53.5 Å². The molecule has 1 aromatic carbocycles. The normalized spacial score (nSPS) is 18.4. The molecule has 1 unspecified atom stereocenters. The second-order valence-corrected chi connectivity index (χ2v) is 10.7. The third-order valence-electron chi connectivity index (χ3n) is 6.71. The first-order chi connectivity index (χ1) is 17.4. The van der Waals surface area contributed by atoms with Crippen LogP contribution in [0.25, 0.3) is 5.69 Å². The summed E-state index contributed by atoms with van der Waals surface area (Å²) in [6, 6.07) is 12.6. The number of carboxylic acid groups (broad SMARTS) is 1. The minimum absolute atomic E-state index is 0.0512. The molecule has 0 radical (unpaired) electrons. The molecule has 2 aliphatic heterocycles. The zero-order valence-corrected chi connectivity index (χ0v) is 21.1. The Balaban J connectivity index is 1.45. The summed E-state index contributed by atoms with van der Waals surface area (Å²) in [7, 11) is 0. The van der Waals surface area contributed by atoms with Crippen LogP contribution in [0.5, 0.6) is 0 Å². The van der Waals surface area contributed by atoms with Crippen LogP contribution < -0.4 is 15.4 Å². The average molecular weight is 528 g/mol. The number of benzene rings is 1. The molecule has 36 heavy (non-hydrogen) atoms. The van der Waals surface area contributed by atoms with Gasteiger partial charge in [-0.1, -0.05) is 29.8 Å². The molecule has 188 valence electrons. The van der Waals surface area contributed by atoms with E-state index in [-0.39, 0.29) is 18.0 Å². The maximum absolute atomic E-state index is 13.8. The molecule has 1 amide bonds. The van der Waals surface area contributed by atoms with E-state index >= 15 is 0 Å². The first-order valence-electron chi connectivity index (χ1n) is 11.9. The van der Waals surface area contributed by atoms with Crippen molar-refractivity contribution in [1.82, 2.24) is 14.7 Å². The lowest BCUT2D eigenvalue weighted by Gasteiger charge is -2.39. The van der Waals surface area contributed by atoms with Crippen molar-refractivity contribution in [3.05, 3.63) is 68.2 Å². The number of aliphatic carboxylic acids is 1. The predicted octanol–water partition coefficient (Wildman–Crippen LogP) is 3.21. The van der Waals surface area contributed by atoms with Crippen molar-refractivity contribution in [2.75, 3.05) is 49.1 Å². The van der Waals surface area contributed by atoms with E-state index in [1.165, 1.54) is 16.0 Å². The zero-order chi connectivity index (χ0) is 25.2. The lowest BCUT2D eigenvalue weighted by molar-refractivity contribution is -0.141. The van der Waals surface area contributed by atoms with Gasteiger partial charge in [-0.2, -0.15) is 9.78 Å². The molecule has 2 saturated heterocycles. The Hall–Kier alpha value is -3.37. The number of nitrogens with zero attached hydrogens (tertiary/aromatic N) is 5. The van der Waals surface area contributed by atoms with Crippen LogP contribution in [0.1, 0.15) is 22.5 Å². The van der Waals surface area contributed by atoms with Gasteiger partial charge in [0.05, 0.1) is 32.7 Å². The van der Waals surface area contributed by atoms with Crippen molar-refractivity contribution in [1.29, 1.82) is 0 Å². The molecule has 0 saturated carbocycles. The van der Waals surface area contributed by atoms with Gasteiger partial charge < -0.3 is 19.8 Å². The van der Waals surface area contributed by atoms with Gasteiger partial charge in [0.1, 0.15) is 5.69 Å². The fourth-order valence-corrected chi connectivity index (χ4v) is 5.85. The number of rotatable bonds is 5. The topological polar surface area (TPSA) is 99.0 Å². The number of piperidine rings is 1. The second-order valence-electron chi connectivity index (χ2n) is 8.94. The Kier molecular flexibility index (Phi) is 6.97. The summed E-state index contributed by atoms with van der Waals surface area (Å²) in [5, 5.41) is 14.1. The minimum Gasteiger partial charge on any atom is -0.481 e. The highest BCUT2D eigenvalue weighted by Gasteiger charge is 2.32. The van der Waals surface area contributed by atoms with E-state index in [9.17, 15) is 19.5 Å². The third-order valence-corrected chi connectivity index (χ3v) is 7.93. The SMILES string of the molecule is O=C(O)C1CCCN(c2c(N3CCN(C(=O)c4ccc(Cl)s4)CC3)cnn(-c3ccccc3)c2=O)C1. The van der Waals surface area contributed by atoms with Crippen LogP contribution in [0.3, 0.4) is 0 Å². The molecule has 2 fully saturated rings. The molecular weight excluding hydrogens is 502 g/mol. The van der Waals surface area contributed by atoms with Crippen LogP contribution in [-0.2, 0) is 4.79 Å². The molecule has 2 aromatic heterocycles. The molecule has 1 N–H and O–H groups in total. The summed E-state index contributed by atoms with van der Waals surface area (Å²) >= 11 is 7.26. The van der Waals surface area contributed by atoms with E-state index in [2.05, 4.69) is 10.00 Å². The number of hydrogen-bond acceptors (Lipinski definition) is 7. The minimum atomic E-state index is -0.848. The standard InChI is InChI=1S/C25H26ClN5O4S/c26-21-9-8-20(36-21)23(32)29-13-11-28(12-14-29)19-15-27-31(18-6-2-1-3-7-18)24(33)22(19)30-10-4-5-17(16-30)25(34)35/h1-3,6-9,15,17H,4-5,10-14,16H2,(H,34,35). The van der Waals surface area contributed by atoms with Crippen LogP contribution >= 0.6 is 22.9 Å².